The summed E-state index contributed by atoms with van der Waals surface area (Å²) >= 11 is 0. The fourth-order valence-electron chi connectivity index (χ4n) is 3.72. The number of nitrogens with one attached hydrogen (secondary N) is 1. The summed E-state index contributed by atoms with van der Waals surface area (Å²) < 4.78 is 45.9. The van der Waals surface area contributed by atoms with Gasteiger partial charge in [0, 0.05) is 24.7 Å². The van der Waals surface area contributed by atoms with E-state index in [1.807, 2.05) is 6.07 Å². The Labute approximate surface area is 167 Å². The molecule has 2 aromatic heterocycles. The van der Waals surface area contributed by atoms with Gasteiger partial charge in [0.15, 0.2) is 11.5 Å². The highest BCUT2D eigenvalue weighted by Gasteiger charge is 2.37. The fraction of sp³-hybridized carbons (Fsp3) is 0.600. The summed E-state index contributed by atoms with van der Waals surface area (Å²) in [5, 5.41) is 6.49. The van der Waals surface area contributed by atoms with Gasteiger partial charge < -0.3 is 9.73 Å². The van der Waals surface area contributed by atoms with Gasteiger partial charge in [0.25, 0.3) is 5.91 Å². The second kappa shape index (κ2) is 8.22. The van der Waals surface area contributed by atoms with E-state index in [0.717, 1.165) is 37.8 Å². The second-order valence-corrected chi connectivity index (χ2v) is 7.81. The molecule has 1 saturated carbocycles. The molecule has 2 fully saturated rings. The number of amides is 1. The Morgan fingerprint density at radius 1 is 1.24 bits per heavy atom. The molecule has 2 aliphatic rings. The van der Waals surface area contributed by atoms with Crippen LogP contribution >= 0.6 is 0 Å². The number of alkyl halides is 3. The third-order valence-corrected chi connectivity index (χ3v) is 5.39. The lowest BCUT2D eigenvalue weighted by molar-refractivity contribution is -0.141. The normalized spacial score (nSPS) is 17.8. The predicted octanol–water partition coefficient (Wildman–Crippen LogP) is 3.79. The first kappa shape index (κ1) is 20.0. The molecule has 1 amide bonds. The van der Waals surface area contributed by atoms with Gasteiger partial charge in [0.1, 0.15) is 5.76 Å². The Morgan fingerprint density at radius 2 is 2.00 bits per heavy atom. The number of halogens is 3. The summed E-state index contributed by atoms with van der Waals surface area (Å²) in [4.78, 5) is 14.5. The highest BCUT2D eigenvalue weighted by molar-refractivity contribution is 5.91. The van der Waals surface area contributed by atoms with Crippen LogP contribution in [0.25, 0.3) is 0 Å². The van der Waals surface area contributed by atoms with Crippen molar-refractivity contribution in [2.75, 3.05) is 19.6 Å². The van der Waals surface area contributed by atoms with E-state index in [0.29, 0.717) is 31.7 Å². The number of carbonyl (C=O) groups excluding carboxylic acids is 1. The van der Waals surface area contributed by atoms with Crippen molar-refractivity contribution < 1.29 is 22.4 Å². The summed E-state index contributed by atoms with van der Waals surface area (Å²) in [7, 11) is 0. The zero-order valence-electron chi connectivity index (χ0n) is 16.2. The lowest BCUT2D eigenvalue weighted by atomic mass is 10.2. The number of nitrogens with zero attached hydrogens (tertiary/aromatic N) is 3. The summed E-state index contributed by atoms with van der Waals surface area (Å²) in [5.41, 5.74) is -0.203. The molecule has 6 nitrogen and oxygen atoms in total. The van der Waals surface area contributed by atoms with Crippen LogP contribution in [0.2, 0.25) is 0 Å². The van der Waals surface area contributed by atoms with Crippen LogP contribution in [-0.2, 0) is 19.3 Å². The number of hydrogen-bond acceptors (Lipinski definition) is 4. The van der Waals surface area contributed by atoms with Crippen LogP contribution in [0.4, 0.5) is 13.2 Å². The summed E-state index contributed by atoms with van der Waals surface area (Å²) in [6.45, 7) is 3.48. The number of aromatic nitrogens is 2. The Kier molecular flexibility index (Phi) is 5.67. The number of hydrogen-bond donors (Lipinski definition) is 1. The van der Waals surface area contributed by atoms with Crippen LogP contribution in [0.15, 0.2) is 22.6 Å². The molecule has 1 saturated heterocycles. The number of furan rings is 1. The van der Waals surface area contributed by atoms with E-state index in [1.165, 1.54) is 17.5 Å². The van der Waals surface area contributed by atoms with Crippen LogP contribution in [0.3, 0.4) is 0 Å². The van der Waals surface area contributed by atoms with Crippen molar-refractivity contribution in [3.05, 3.63) is 41.1 Å². The summed E-state index contributed by atoms with van der Waals surface area (Å²) in [6.07, 6.45) is 0.241. The lowest BCUT2D eigenvalue weighted by Crippen LogP contribution is -2.25. The van der Waals surface area contributed by atoms with Gasteiger partial charge >= 0.3 is 6.18 Å². The molecule has 3 heterocycles. The van der Waals surface area contributed by atoms with Crippen LogP contribution in [0, 0.1) is 0 Å². The molecule has 4 rings (SSSR count). The molecule has 0 radical (unpaired) electrons. The Morgan fingerprint density at radius 3 is 2.69 bits per heavy atom. The van der Waals surface area contributed by atoms with Gasteiger partial charge in [-0.15, -0.1) is 0 Å². The van der Waals surface area contributed by atoms with E-state index >= 15 is 0 Å². The van der Waals surface area contributed by atoms with Crippen LogP contribution in [0.5, 0.6) is 0 Å². The van der Waals surface area contributed by atoms with Gasteiger partial charge in [-0.25, -0.2) is 0 Å². The highest BCUT2D eigenvalue weighted by Crippen LogP contribution is 2.42. The standard InChI is InChI=1S/C20H25F3N4O2/c21-20(22,23)18-12-16(14-4-5-14)27(25-18)11-3-8-24-19(28)17-7-6-15(29-17)13-26-9-1-2-10-26/h6-7,12,14H,1-5,8-11,13H2,(H,24,28). The molecule has 1 N–H and O–H groups in total. The zero-order chi connectivity index (χ0) is 20.4. The minimum Gasteiger partial charge on any atom is -0.455 e. The van der Waals surface area contributed by atoms with Gasteiger partial charge in [0.05, 0.1) is 6.54 Å². The third-order valence-electron chi connectivity index (χ3n) is 5.39. The molecule has 29 heavy (non-hydrogen) atoms. The van der Waals surface area contributed by atoms with Crippen molar-refractivity contribution in [1.29, 1.82) is 0 Å². The maximum atomic E-state index is 12.9. The first-order valence-corrected chi connectivity index (χ1v) is 10.1. The zero-order valence-corrected chi connectivity index (χ0v) is 16.2. The summed E-state index contributed by atoms with van der Waals surface area (Å²) in [5.74, 6) is 0.889. The molecule has 0 spiro atoms. The molecule has 158 valence electrons. The molecule has 0 unspecified atom stereocenters. The van der Waals surface area contributed by atoms with E-state index in [9.17, 15) is 18.0 Å². The maximum absolute atomic E-state index is 12.9. The van der Waals surface area contributed by atoms with Crippen molar-refractivity contribution >= 4 is 5.91 Å². The minimum absolute atomic E-state index is 0.172. The molecule has 1 aliphatic carbocycles. The molecule has 0 aromatic carbocycles. The van der Waals surface area contributed by atoms with Crippen molar-refractivity contribution in [3.8, 4) is 0 Å². The first-order chi connectivity index (χ1) is 13.9. The van der Waals surface area contributed by atoms with E-state index in [-0.39, 0.29) is 17.6 Å². The number of carbonyl (C=O) groups is 1. The monoisotopic (exact) mass is 410 g/mol. The third kappa shape index (κ3) is 5.01. The van der Waals surface area contributed by atoms with Gasteiger partial charge in [-0.2, -0.15) is 18.3 Å². The van der Waals surface area contributed by atoms with Gasteiger partial charge in [0.2, 0.25) is 0 Å². The largest absolute Gasteiger partial charge is 0.455 e. The fourth-order valence-corrected chi connectivity index (χ4v) is 3.72. The van der Waals surface area contributed by atoms with E-state index < -0.39 is 11.9 Å². The van der Waals surface area contributed by atoms with Crippen molar-refractivity contribution in [1.82, 2.24) is 20.0 Å². The van der Waals surface area contributed by atoms with Crippen molar-refractivity contribution in [3.63, 3.8) is 0 Å². The first-order valence-electron chi connectivity index (χ1n) is 10.1. The molecule has 9 heteroatoms. The predicted molar refractivity (Wildman–Crippen MR) is 99.4 cm³/mol. The number of rotatable bonds is 8. The van der Waals surface area contributed by atoms with Gasteiger partial charge in [-0.1, -0.05) is 0 Å². The molecular formula is C20H25F3N4O2. The molecule has 0 bridgehead atoms. The average Bonchev–Trinajstić information content (AvgIpc) is 3.09. The molecular weight excluding hydrogens is 385 g/mol. The van der Waals surface area contributed by atoms with Crippen molar-refractivity contribution in [2.24, 2.45) is 0 Å². The Bertz CT molecular complexity index is 848. The number of likely N-dealkylation sites (tertiary alicyclic amines) is 1. The van der Waals surface area contributed by atoms with Crippen LogP contribution < -0.4 is 5.32 Å². The second-order valence-electron chi connectivity index (χ2n) is 7.81. The highest BCUT2D eigenvalue weighted by atomic mass is 19.4. The SMILES string of the molecule is O=C(NCCCn1nc(C(F)(F)F)cc1C1CC1)c1ccc(CN2CCCC2)o1. The Hall–Kier alpha value is -2.29. The molecule has 2 aromatic rings. The molecule has 1 aliphatic heterocycles. The quantitative estimate of drug-likeness (QED) is 0.673. The van der Waals surface area contributed by atoms with Crippen molar-refractivity contribution in [2.45, 2.75) is 57.3 Å². The molecule has 0 atom stereocenters. The van der Waals surface area contributed by atoms with Crippen LogP contribution in [0.1, 0.15) is 65.7 Å². The maximum Gasteiger partial charge on any atom is 0.435 e. The van der Waals surface area contributed by atoms with E-state index in [2.05, 4.69) is 15.3 Å². The van der Waals surface area contributed by atoms with Gasteiger partial charge in [-0.05, 0) is 63.4 Å². The number of aryl methyl sites for hydroxylation is 1. The lowest BCUT2D eigenvalue weighted by Gasteiger charge is -2.11. The van der Waals surface area contributed by atoms with E-state index in [1.54, 1.807) is 6.07 Å². The smallest absolute Gasteiger partial charge is 0.435 e. The van der Waals surface area contributed by atoms with Gasteiger partial charge in [-0.3, -0.25) is 14.4 Å². The minimum atomic E-state index is -4.44. The van der Waals surface area contributed by atoms with Crippen LogP contribution in [-0.4, -0.2) is 40.2 Å². The summed E-state index contributed by atoms with van der Waals surface area (Å²) in [6, 6.07) is 4.63. The Balaban J connectivity index is 1.26. The average molecular weight is 410 g/mol. The topological polar surface area (TPSA) is 63.3 Å². The van der Waals surface area contributed by atoms with E-state index in [4.69, 9.17) is 4.42 Å².